The molecular formula is C29H39O3Si. The number of hydrogen-bond donors (Lipinski definition) is 1. The third-order valence-electron chi connectivity index (χ3n) is 6.80. The third-order valence-corrected chi connectivity index (χ3v) is 7.41. The maximum atomic E-state index is 11.2. The second kappa shape index (κ2) is 9.88. The first-order valence-corrected chi connectivity index (χ1v) is 14.5. The van der Waals surface area contributed by atoms with E-state index in [0.29, 0.717) is 5.56 Å². The Bertz CT molecular complexity index is 1020. The number of allylic oxidation sites excluding steroid dienone is 1. The van der Waals surface area contributed by atoms with Crippen molar-refractivity contribution in [3.63, 3.8) is 0 Å². The molecule has 33 heavy (non-hydrogen) atoms. The molecule has 4 heteroatoms. The minimum absolute atomic E-state index is 0.0328. The molecule has 0 spiro atoms. The summed E-state index contributed by atoms with van der Waals surface area (Å²) in [5.74, 6) is 0.170. The van der Waals surface area contributed by atoms with Gasteiger partial charge < -0.3 is 9.53 Å². The van der Waals surface area contributed by atoms with Crippen LogP contribution < -0.4 is 4.43 Å². The molecule has 0 bridgehead atoms. The van der Waals surface area contributed by atoms with Gasteiger partial charge >= 0.3 is 5.97 Å². The van der Waals surface area contributed by atoms with Crippen LogP contribution in [0.15, 0.2) is 36.4 Å². The van der Waals surface area contributed by atoms with Crippen molar-refractivity contribution in [2.45, 2.75) is 90.6 Å². The summed E-state index contributed by atoms with van der Waals surface area (Å²) in [5, 5.41) is 9.20. The van der Waals surface area contributed by atoms with Crippen LogP contribution in [-0.2, 0) is 10.8 Å². The summed E-state index contributed by atoms with van der Waals surface area (Å²) in [7, 11) is -0.969. The number of rotatable bonds is 6. The van der Waals surface area contributed by atoms with Gasteiger partial charge in [0.15, 0.2) is 0 Å². The Labute approximate surface area is 201 Å². The Kier molecular flexibility index (Phi) is 7.58. The molecule has 1 radical (unpaired) electrons. The van der Waals surface area contributed by atoms with Crippen LogP contribution in [0.4, 0.5) is 0 Å². The average Bonchev–Trinajstić information content (AvgIpc) is 2.73. The Morgan fingerprint density at radius 2 is 1.64 bits per heavy atom. The van der Waals surface area contributed by atoms with Crippen molar-refractivity contribution in [1.82, 2.24) is 0 Å². The number of benzene rings is 2. The topological polar surface area (TPSA) is 46.5 Å². The highest BCUT2D eigenvalue weighted by Gasteiger charge is 2.37. The maximum absolute atomic E-state index is 11.2. The van der Waals surface area contributed by atoms with E-state index in [1.54, 1.807) is 12.1 Å². The highest BCUT2D eigenvalue weighted by atomic mass is 28.3. The maximum Gasteiger partial charge on any atom is 0.335 e. The molecule has 1 saturated carbocycles. The molecule has 0 atom stereocenters. The highest BCUT2D eigenvalue weighted by Crippen LogP contribution is 2.49. The third kappa shape index (κ3) is 5.78. The van der Waals surface area contributed by atoms with Gasteiger partial charge in [-0.3, -0.25) is 0 Å². The molecule has 1 N–H and O–H groups in total. The minimum atomic E-state index is -0.969. The molecule has 2 aromatic rings. The lowest BCUT2D eigenvalue weighted by atomic mass is 9.65. The molecule has 177 valence electrons. The first-order valence-electron chi connectivity index (χ1n) is 12.1. The summed E-state index contributed by atoms with van der Waals surface area (Å²) < 4.78 is 6.72. The van der Waals surface area contributed by atoms with E-state index in [4.69, 9.17) is 4.43 Å². The second-order valence-electron chi connectivity index (χ2n) is 11.0. The van der Waals surface area contributed by atoms with Gasteiger partial charge in [0.2, 0.25) is 0 Å². The van der Waals surface area contributed by atoms with Crippen LogP contribution in [0.1, 0.15) is 99.3 Å². The number of aromatic carboxylic acids is 1. The van der Waals surface area contributed by atoms with E-state index in [9.17, 15) is 9.90 Å². The molecular weight excluding hydrogens is 424 g/mol. The Hall–Kier alpha value is -2.33. The van der Waals surface area contributed by atoms with Crippen LogP contribution in [-0.4, -0.2) is 20.1 Å². The van der Waals surface area contributed by atoms with Crippen molar-refractivity contribution in [2.75, 3.05) is 0 Å². The smallest absolute Gasteiger partial charge is 0.335 e. The number of carbonyl (C=O) groups is 1. The normalized spacial score (nSPS) is 16.7. The SMILES string of the molecule is C/C(=C/c1ccc(C(=O)O)cc1)c1ccc(C(C)(C)C)c(C2(C)CCCCC2)c1O[Si](C)C. The molecule has 0 unspecified atom stereocenters. The van der Waals surface area contributed by atoms with Crippen molar-refractivity contribution in [1.29, 1.82) is 0 Å². The van der Waals surface area contributed by atoms with Gasteiger partial charge in [-0.05, 0) is 72.5 Å². The lowest BCUT2D eigenvalue weighted by molar-refractivity contribution is 0.0697. The van der Waals surface area contributed by atoms with E-state index < -0.39 is 15.0 Å². The van der Waals surface area contributed by atoms with Crippen LogP contribution in [0, 0.1) is 0 Å². The molecule has 1 aliphatic carbocycles. The summed E-state index contributed by atoms with van der Waals surface area (Å²) >= 11 is 0. The van der Waals surface area contributed by atoms with Crippen molar-refractivity contribution >= 4 is 26.7 Å². The summed E-state index contributed by atoms with van der Waals surface area (Å²) in [4.78, 5) is 11.2. The van der Waals surface area contributed by atoms with Crippen LogP contribution in [0.2, 0.25) is 13.1 Å². The zero-order valence-electron chi connectivity index (χ0n) is 21.3. The van der Waals surface area contributed by atoms with Crippen molar-refractivity contribution in [2.24, 2.45) is 0 Å². The highest BCUT2D eigenvalue weighted by molar-refractivity contribution is 6.49. The van der Waals surface area contributed by atoms with Gasteiger partial charge in [0.25, 0.3) is 9.04 Å². The summed E-state index contributed by atoms with van der Waals surface area (Å²) in [5.41, 5.74) is 6.54. The van der Waals surface area contributed by atoms with E-state index in [0.717, 1.165) is 22.4 Å². The van der Waals surface area contributed by atoms with Crippen LogP contribution in [0.3, 0.4) is 0 Å². The van der Waals surface area contributed by atoms with Gasteiger partial charge in [0, 0.05) is 11.1 Å². The van der Waals surface area contributed by atoms with Crippen LogP contribution in [0.25, 0.3) is 11.6 Å². The first kappa shape index (κ1) is 25.3. The minimum Gasteiger partial charge on any atom is -0.542 e. The average molecular weight is 464 g/mol. The number of hydrogen-bond acceptors (Lipinski definition) is 2. The zero-order chi connectivity index (χ0) is 24.4. The van der Waals surface area contributed by atoms with Gasteiger partial charge in [-0.25, -0.2) is 4.79 Å². The molecule has 1 aliphatic rings. The van der Waals surface area contributed by atoms with Gasteiger partial charge in [-0.2, -0.15) is 0 Å². The quantitative estimate of drug-likeness (QED) is 0.348. The number of carboxylic acid groups (broad SMARTS) is 1. The summed E-state index contributed by atoms with van der Waals surface area (Å²) in [6.45, 7) is 15.9. The standard InChI is InChI=1S/C29H39O3Si/c1-20(19-21-11-13-22(14-12-21)27(30)31)23-15-16-24(28(2,3)4)25(26(23)32-33(6)7)29(5)17-9-8-10-18-29/h11-16,19H,8-10,17-18H2,1-7H3,(H,30,31)/b20-19-. The Morgan fingerprint density at radius 1 is 1.03 bits per heavy atom. The molecule has 0 aromatic heterocycles. The largest absolute Gasteiger partial charge is 0.542 e. The van der Waals surface area contributed by atoms with Gasteiger partial charge in [0.1, 0.15) is 5.75 Å². The van der Waals surface area contributed by atoms with Gasteiger partial charge in [0.05, 0.1) is 5.56 Å². The fourth-order valence-corrected chi connectivity index (χ4v) is 5.68. The van der Waals surface area contributed by atoms with Crippen molar-refractivity contribution in [3.8, 4) is 5.75 Å². The van der Waals surface area contributed by atoms with E-state index in [2.05, 4.69) is 65.9 Å². The van der Waals surface area contributed by atoms with Crippen LogP contribution >= 0.6 is 0 Å². The lowest BCUT2D eigenvalue weighted by Crippen LogP contribution is -2.31. The summed E-state index contributed by atoms with van der Waals surface area (Å²) in [6, 6.07) is 11.6. The fraction of sp³-hybridized carbons (Fsp3) is 0.483. The van der Waals surface area contributed by atoms with Gasteiger partial charge in [-0.15, -0.1) is 0 Å². The van der Waals surface area contributed by atoms with E-state index >= 15 is 0 Å². The second-order valence-corrected chi connectivity index (χ2v) is 13.0. The molecule has 0 aliphatic heterocycles. The van der Waals surface area contributed by atoms with Crippen LogP contribution in [0.5, 0.6) is 5.75 Å². The predicted octanol–water partition coefficient (Wildman–Crippen LogP) is 8.09. The molecule has 0 heterocycles. The summed E-state index contributed by atoms with van der Waals surface area (Å²) in [6.07, 6.45) is 8.39. The van der Waals surface area contributed by atoms with Gasteiger partial charge in [-0.1, -0.05) is 77.3 Å². The molecule has 0 amide bonds. The molecule has 3 rings (SSSR count). The molecule has 0 saturated heterocycles. The monoisotopic (exact) mass is 463 g/mol. The van der Waals surface area contributed by atoms with E-state index in [1.807, 2.05) is 12.1 Å². The van der Waals surface area contributed by atoms with Crippen molar-refractivity contribution < 1.29 is 14.3 Å². The zero-order valence-corrected chi connectivity index (χ0v) is 22.3. The lowest BCUT2D eigenvalue weighted by Gasteiger charge is -2.40. The first-order chi connectivity index (χ1) is 15.4. The number of carboxylic acids is 1. The fourth-order valence-electron chi connectivity index (χ4n) is 5.06. The Morgan fingerprint density at radius 3 is 2.15 bits per heavy atom. The molecule has 2 aromatic carbocycles. The van der Waals surface area contributed by atoms with E-state index in [1.165, 1.54) is 43.2 Å². The predicted molar refractivity (Wildman–Crippen MR) is 141 cm³/mol. The Balaban J connectivity index is 2.20. The molecule has 3 nitrogen and oxygen atoms in total. The van der Waals surface area contributed by atoms with Crippen molar-refractivity contribution in [3.05, 3.63) is 64.2 Å². The molecule has 1 fully saturated rings. The van der Waals surface area contributed by atoms with E-state index in [-0.39, 0.29) is 10.8 Å².